The second-order valence-electron chi connectivity index (χ2n) is 3.54. The molecule has 134 valence electrons. The first-order valence-electron chi connectivity index (χ1n) is 4.37. The molecule has 0 atom stereocenters. The molecule has 16 heteroatoms. The van der Waals surface area contributed by atoms with Crippen LogP contribution >= 0.6 is 0 Å². The molecule has 0 aliphatic rings. The van der Waals surface area contributed by atoms with Gasteiger partial charge in [0.25, 0.3) is 0 Å². The van der Waals surface area contributed by atoms with Gasteiger partial charge in [0.2, 0.25) is 0 Å². The van der Waals surface area contributed by atoms with Gasteiger partial charge in [-0.2, -0.15) is 56.7 Å². The lowest BCUT2D eigenvalue weighted by Crippen LogP contribution is -2.56. The summed E-state index contributed by atoms with van der Waals surface area (Å²) in [5.74, 6) is -13.5. The molecule has 0 aromatic rings. The topological polar surface area (TPSA) is 43.4 Å². The van der Waals surface area contributed by atoms with Crippen LogP contribution in [-0.2, 0) is 15.0 Å². The normalized spacial score (nSPS) is 16.0. The molecule has 0 aliphatic heterocycles. The highest BCUT2D eigenvalue weighted by Crippen LogP contribution is 2.48. The minimum atomic E-state index is -7.45. The maximum atomic E-state index is 12.5. The van der Waals surface area contributed by atoms with Crippen LogP contribution in [0.1, 0.15) is 0 Å². The van der Waals surface area contributed by atoms with Gasteiger partial charge in [-0.3, -0.25) is 0 Å². The standard InChI is InChI=1S/C6H2F12O3S/c7-2(8,3(9,10)4(11,12)13)1-21-5(14,15)6(16,17)22(18,19)20/h1H2. The molecule has 0 unspecified atom stereocenters. The predicted molar refractivity (Wildman–Crippen MR) is 41.8 cm³/mol. The van der Waals surface area contributed by atoms with Gasteiger partial charge in [0.1, 0.15) is 6.61 Å². The van der Waals surface area contributed by atoms with Crippen LogP contribution in [0.15, 0.2) is 0 Å². The van der Waals surface area contributed by atoms with E-state index in [0.717, 1.165) is 0 Å². The van der Waals surface area contributed by atoms with Crippen molar-refractivity contribution < 1.29 is 65.3 Å². The smallest absolute Gasteiger partial charge is 0.308 e. The molecule has 0 fully saturated rings. The third kappa shape index (κ3) is 3.52. The van der Waals surface area contributed by atoms with Gasteiger partial charge in [0.05, 0.1) is 0 Å². The van der Waals surface area contributed by atoms with E-state index in [2.05, 4.69) is 4.74 Å². The Morgan fingerprint density at radius 1 is 0.773 bits per heavy atom. The largest absolute Gasteiger partial charge is 0.464 e. The van der Waals surface area contributed by atoms with Gasteiger partial charge in [0.15, 0.2) is 0 Å². The fraction of sp³-hybridized carbons (Fsp3) is 1.00. The molecule has 0 rings (SSSR count). The summed E-state index contributed by atoms with van der Waals surface area (Å²) in [6.07, 6.45) is -13.6. The average Bonchev–Trinajstić information content (AvgIpc) is 2.23. The first-order valence-corrected chi connectivity index (χ1v) is 5.75. The Balaban J connectivity index is 5.39. The van der Waals surface area contributed by atoms with E-state index in [9.17, 15) is 60.6 Å². The minimum Gasteiger partial charge on any atom is -0.308 e. The van der Waals surface area contributed by atoms with Crippen molar-refractivity contribution in [3.05, 3.63) is 0 Å². The number of rotatable bonds is 6. The van der Waals surface area contributed by atoms with Gasteiger partial charge in [-0.05, 0) is 0 Å². The van der Waals surface area contributed by atoms with Gasteiger partial charge in [-0.15, -0.1) is 0 Å². The van der Waals surface area contributed by atoms with Gasteiger partial charge >= 0.3 is 39.6 Å². The number of halogens is 12. The molecule has 0 aliphatic carbocycles. The molecule has 0 saturated carbocycles. The van der Waals surface area contributed by atoms with E-state index < -0.39 is 46.2 Å². The van der Waals surface area contributed by atoms with Crippen molar-refractivity contribution in [1.29, 1.82) is 0 Å². The fourth-order valence-corrected chi connectivity index (χ4v) is 1.05. The predicted octanol–water partition coefficient (Wildman–Crippen LogP) is 3.32. The van der Waals surface area contributed by atoms with Crippen LogP contribution in [0.3, 0.4) is 0 Å². The van der Waals surface area contributed by atoms with Crippen LogP contribution < -0.4 is 0 Å². The number of hydrogen-bond acceptors (Lipinski definition) is 3. The Labute approximate surface area is 113 Å². The van der Waals surface area contributed by atoms with E-state index in [-0.39, 0.29) is 0 Å². The maximum absolute atomic E-state index is 12.5. The van der Waals surface area contributed by atoms with Crippen LogP contribution in [-0.4, -0.2) is 44.4 Å². The van der Waals surface area contributed by atoms with Crippen molar-refractivity contribution >= 4 is 10.2 Å². The Hall–Kier alpha value is -0.930. The van der Waals surface area contributed by atoms with E-state index >= 15 is 0 Å². The monoisotopic (exact) mass is 382 g/mol. The highest BCUT2D eigenvalue weighted by atomic mass is 32.3. The van der Waals surface area contributed by atoms with Crippen molar-refractivity contribution in [3.8, 4) is 0 Å². The second kappa shape index (κ2) is 5.31. The number of ether oxygens (including phenoxy) is 1. The Kier molecular flexibility index (Phi) is 5.09. The Morgan fingerprint density at radius 2 is 1.14 bits per heavy atom. The highest BCUT2D eigenvalue weighted by Gasteiger charge is 2.75. The van der Waals surface area contributed by atoms with E-state index in [1.54, 1.807) is 0 Å². The second-order valence-corrected chi connectivity index (χ2v) is 4.93. The van der Waals surface area contributed by atoms with E-state index in [0.29, 0.717) is 0 Å². The molecule has 3 nitrogen and oxygen atoms in total. The molecule has 22 heavy (non-hydrogen) atoms. The molecule has 0 aromatic heterocycles. The molecular weight excluding hydrogens is 380 g/mol. The third-order valence-electron chi connectivity index (χ3n) is 1.90. The number of alkyl halides is 11. The van der Waals surface area contributed by atoms with E-state index in [1.165, 1.54) is 0 Å². The molecule has 0 amide bonds. The summed E-state index contributed by atoms with van der Waals surface area (Å²) >= 11 is 0. The molecule has 0 bridgehead atoms. The molecule has 0 N–H and O–H groups in total. The molecule has 0 radical (unpaired) electrons. The summed E-state index contributed by atoms with van der Waals surface area (Å²) in [7, 11) is -7.45. The lowest BCUT2D eigenvalue weighted by molar-refractivity contribution is -0.388. The molecule has 0 heterocycles. The molecule has 0 spiro atoms. The number of hydrogen-bond donors (Lipinski definition) is 0. The fourth-order valence-electron chi connectivity index (χ4n) is 0.705. The van der Waals surface area contributed by atoms with Gasteiger partial charge in [-0.25, -0.2) is 0 Å². The van der Waals surface area contributed by atoms with E-state index in [4.69, 9.17) is 0 Å². The third-order valence-corrected chi connectivity index (χ3v) is 2.75. The minimum absolute atomic E-state index is 2.13. The molecule has 0 aromatic carbocycles. The quantitative estimate of drug-likeness (QED) is 0.523. The Morgan fingerprint density at radius 3 is 1.41 bits per heavy atom. The molecular formula is C6H2F12O3S. The van der Waals surface area contributed by atoms with Gasteiger partial charge < -0.3 is 4.74 Å². The Bertz CT molecular complexity index is 505. The van der Waals surface area contributed by atoms with E-state index in [1.807, 2.05) is 0 Å². The summed E-state index contributed by atoms with van der Waals surface area (Å²) in [4.78, 5) is 0. The zero-order valence-electron chi connectivity index (χ0n) is 9.38. The zero-order chi connectivity index (χ0) is 18.4. The van der Waals surface area contributed by atoms with Crippen LogP contribution in [0.5, 0.6) is 0 Å². The summed E-state index contributed by atoms with van der Waals surface area (Å²) in [5, 5.41) is -6.80. The first kappa shape index (κ1) is 21.1. The lowest BCUT2D eigenvalue weighted by atomic mass is 10.2. The summed E-state index contributed by atoms with van der Waals surface area (Å²) in [5.41, 5.74) is 0. The summed E-state index contributed by atoms with van der Waals surface area (Å²) in [6, 6.07) is 0. The van der Waals surface area contributed by atoms with Crippen LogP contribution in [0.4, 0.5) is 52.2 Å². The van der Waals surface area contributed by atoms with Crippen molar-refractivity contribution in [2.45, 2.75) is 29.4 Å². The summed E-state index contributed by atoms with van der Waals surface area (Å²) in [6.45, 7) is -3.68. The maximum Gasteiger partial charge on any atom is 0.464 e. The SMILES string of the molecule is O=S(=O)(F)C(F)(F)C(F)(F)OCC(F)(F)C(F)(F)C(F)(F)F. The summed E-state index contributed by atoms with van der Waals surface area (Å²) < 4.78 is 167. The van der Waals surface area contributed by atoms with Gasteiger partial charge in [0, 0.05) is 0 Å². The van der Waals surface area contributed by atoms with Crippen LogP contribution in [0, 0.1) is 0 Å². The first-order chi connectivity index (χ1) is 9.21. The van der Waals surface area contributed by atoms with Gasteiger partial charge in [-0.1, -0.05) is 3.89 Å². The van der Waals surface area contributed by atoms with Crippen molar-refractivity contribution in [2.75, 3.05) is 6.61 Å². The highest BCUT2D eigenvalue weighted by molar-refractivity contribution is 7.87. The molecule has 0 saturated heterocycles. The lowest BCUT2D eigenvalue weighted by Gasteiger charge is -2.30. The van der Waals surface area contributed by atoms with Crippen LogP contribution in [0.2, 0.25) is 0 Å². The van der Waals surface area contributed by atoms with Crippen molar-refractivity contribution in [2.24, 2.45) is 0 Å². The van der Waals surface area contributed by atoms with Crippen molar-refractivity contribution in [1.82, 2.24) is 0 Å². The van der Waals surface area contributed by atoms with Crippen LogP contribution in [0.25, 0.3) is 0 Å². The zero-order valence-corrected chi connectivity index (χ0v) is 10.2. The van der Waals surface area contributed by atoms with Crippen molar-refractivity contribution in [3.63, 3.8) is 0 Å². The average molecular weight is 382 g/mol.